The van der Waals surface area contributed by atoms with E-state index >= 15 is 0 Å². The second-order valence-corrected chi connectivity index (χ2v) is 21.8. The Morgan fingerprint density at radius 1 is 0.957 bits per heavy atom. The number of pyridine rings is 2. The van der Waals surface area contributed by atoms with Crippen LogP contribution in [0.5, 0.6) is 0 Å². The predicted molar refractivity (Wildman–Crippen MR) is 264 cm³/mol. The highest BCUT2D eigenvalue weighted by atomic mass is 32.2. The highest BCUT2D eigenvalue weighted by molar-refractivity contribution is 7.90. The van der Waals surface area contributed by atoms with Crippen LogP contribution < -0.4 is 16.2 Å². The second kappa shape index (κ2) is 18.4. The van der Waals surface area contributed by atoms with Crippen LogP contribution in [0, 0.1) is 28.1 Å². The summed E-state index contributed by atoms with van der Waals surface area (Å²) in [5, 5.41) is 15.5. The van der Waals surface area contributed by atoms with Crippen molar-refractivity contribution >= 4 is 56.1 Å². The maximum Gasteiger partial charge on any atom is 0.352 e. The molecule has 3 N–H and O–H groups in total. The van der Waals surface area contributed by atoms with Crippen LogP contribution in [0.4, 0.5) is 10.5 Å². The van der Waals surface area contributed by atoms with Gasteiger partial charge < -0.3 is 29.8 Å². The standard InChI is InChI=1S/C40H34N4O8.C12H18O3S.C2H6/c1-21(2)33(43-40(50)41-28-9-6-8-25(17-28)24-13-11-23(12-14-24)15-22(3)37(46)47)38(48)52-35-29-18-32-34-27(16-26-7-4-5-10-31(26)42-34)19-44(32)36(45)30(29)20-51-39(35)49;1-10(2)8-6-9(13)11(7-16(3,14)15)4-5-12(8,10)11;1-2/h4-14,16-18,21,33,35H,3,15,19-20H2,1-2H3,(H,46,47)(H2,41,43,50);8H,4-7H2,1-3H3;1-2H3. The predicted octanol–water partition coefficient (Wildman–Crippen LogP) is 8.22. The van der Waals surface area contributed by atoms with Crippen LogP contribution >= 0.6 is 0 Å². The van der Waals surface area contributed by atoms with Crippen LogP contribution in [0.3, 0.4) is 0 Å². The summed E-state index contributed by atoms with van der Waals surface area (Å²) in [6.45, 7) is 15.5. The largest absolute Gasteiger partial charge is 0.478 e. The van der Waals surface area contributed by atoms with Crippen LogP contribution in [-0.4, -0.2) is 70.8 Å². The van der Waals surface area contributed by atoms with Gasteiger partial charge in [0.05, 0.1) is 34.8 Å². The normalized spacial score (nSPS) is 22.1. The first kappa shape index (κ1) is 49.5. The fraction of sp³-hybridized carbons (Fsp3) is 0.389. The number of benzene rings is 3. The van der Waals surface area contributed by atoms with Crippen molar-refractivity contribution in [2.45, 2.75) is 92.5 Å². The van der Waals surface area contributed by atoms with E-state index in [2.05, 4.69) is 31.1 Å². The lowest BCUT2D eigenvalue weighted by atomic mass is 9.55. The van der Waals surface area contributed by atoms with Crippen LogP contribution in [-0.2, 0) is 58.1 Å². The maximum atomic E-state index is 13.7. The number of hydrogen-bond donors (Lipinski definition) is 3. The lowest BCUT2D eigenvalue weighted by molar-refractivity contribution is -0.173. The zero-order valence-corrected chi connectivity index (χ0v) is 41.2. The Labute approximate surface area is 406 Å². The molecule has 5 aromatic rings. The fourth-order valence-electron chi connectivity index (χ4n) is 11.5. The summed E-state index contributed by atoms with van der Waals surface area (Å²) in [6.07, 6.45) is 2.41. The number of carbonyl (C=O) groups excluding carboxylic acids is 4. The van der Waals surface area contributed by atoms with E-state index in [0.717, 1.165) is 46.0 Å². The zero-order chi connectivity index (χ0) is 50.7. The lowest BCUT2D eigenvalue weighted by Gasteiger charge is -2.49. The number of Topliss-reactive ketones (excluding diaryl/α,β-unsaturated/α-hetero) is 1. The van der Waals surface area contributed by atoms with Crippen LogP contribution in [0.2, 0.25) is 0 Å². The van der Waals surface area contributed by atoms with E-state index in [0.29, 0.717) is 36.0 Å². The van der Waals surface area contributed by atoms with Crippen molar-refractivity contribution in [3.05, 3.63) is 130 Å². The number of nitrogens with zero attached hydrogens (tertiary/aromatic N) is 2. The minimum atomic E-state index is -3.06. The molecule has 3 fully saturated rings. The van der Waals surface area contributed by atoms with Crippen molar-refractivity contribution in [3.8, 4) is 22.5 Å². The highest BCUT2D eigenvalue weighted by Crippen LogP contribution is 2.89. The molecule has 4 heterocycles. The number of cyclic esters (lactones) is 1. The summed E-state index contributed by atoms with van der Waals surface area (Å²) < 4.78 is 35.7. The molecule has 366 valence electrons. The van der Waals surface area contributed by atoms with E-state index in [-0.39, 0.29) is 57.7 Å². The Morgan fingerprint density at radius 2 is 1.67 bits per heavy atom. The van der Waals surface area contributed by atoms with E-state index in [1.54, 1.807) is 42.7 Å². The highest BCUT2D eigenvalue weighted by Gasteiger charge is 2.88. The number of ether oxygens (including phenoxy) is 2. The molecular formula is C54H58N4O11S. The van der Waals surface area contributed by atoms with E-state index in [1.807, 2.05) is 74.5 Å². The number of ketones is 1. The molecule has 1 spiro atoms. The molecule has 5 atom stereocenters. The van der Waals surface area contributed by atoms with Gasteiger partial charge in [0.15, 0.2) is 0 Å². The number of hydrogen-bond acceptors (Lipinski definition) is 11. The fourth-order valence-corrected chi connectivity index (χ4v) is 13.0. The van der Waals surface area contributed by atoms with Gasteiger partial charge >= 0.3 is 23.9 Å². The number of para-hydroxylation sites is 1. The van der Waals surface area contributed by atoms with Gasteiger partial charge in [-0.15, -0.1) is 0 Å². The Morgan fingerprint density at radius 3 is 2.33 bits per heavy atom. The van der Waals surface area contributed by atoms with Gasteiger partial charge in [0.1, 0.15) is 28.3 Å². The molecule has 70 heavy (non-hydrogen) atoms. The van der Waals surface area contributed by atoms with E-state index in [1.165, 1.54) is 6.26 Å². The quantitative estimate of drug-likeness (QED) is 0.0827. The third-order valence-corrected chi connectivity index (χ3v) is 16.0. The molecule has 2 aromatic heterocycles. The van der Waals surface area contributed by atoms with Gasteiger partial charge in [-0.1, -0.05) is 103 Å². The molecule has 3 aliphatic carbocycles. The Kier molecular flexibility index (Phi) is 13.0. The third-order valence-electron chi connectivity index (χ3n) is 15.0. The first-order valence-corrected chi connectivity index (χ1v) is 25.6. The number of aliphatic carboxylic acids is 1. The molecule has 2 aliphatic heterocycles. The monoisotopic (exact) mass is 970 g/mol. The summed E-state index contributed by atoms with van der Waals surface area (Å²) in [4.78, 5) is 81.6. The van der Waals surface area contributed by atoms with Gasteiger partial charge in [-0.2, -0.15) is 0 Å². The lowest BCUT2D eigenvalue weighted by Crippen LogP contribution is -2.52. The molecule has 3 saturated carbocycles. The number of amides is 2. The smallest absolute Gasteiger partial charge is 0.352 e. The van der Waals surface area contributed by atoms with Crippen LogP contribution in [0.15, 0.2) is 102 Å². The molecule has 5 unspecified atom stereocenters. The number of carboxylic acids is 1. The van der Waals surface area contributed by atoms with E-state index in [4.69, 9.17) is 19.6 Å². The molecule has 0 saturated heterocycles. The van der Waals surface area contributed by atoms with E-state index < -0.39 is 57.3 Å². The minimum absolute atomic E-state index is 0.0418. The molecule has 3 aromatic carbocycles. The number of rotatable bonds is 11. The first-order chi connectivity index (χ1) is 33.1. The SMILES string of the molecule is C=C(Cc1ccc(-c2cccc(NC(=O)NC(C(=O)OC3C(=O)OCc4c3cc3n(c4=O)Cc4cc5ccccc5nc4-3)C(C)C)c2)cc1)C(=O)O.CC.CC1(C)C2CC(=O)C3(CS(C)(=O)=O)CCC231. The van der Waals surface area contributed by atoms with Crippen molar-refractivity contribution in [1.29, 1.82) is 0 Å². The second-order valence-electron chi connectivity index (χ2n) is 19.7. The maximum absolute atomic E-state index is 13.7. The minimum Gasteiger partial charge on any atom is -0.478 e. The van der Waals surface area contributed by atoms with Gasteiger partial charge in [0.25, 0.3) is 5.56 Å². The van der Waals surface area contributed by atoms with Crippen molar-refractivity contribution in [3.63, 3.8) is 0 Å². The van der Waals surface area contributed by atoms with Gasteiger partial charge in [-0.25, -0.2) is 32.6 Å². The molecular weight excluding hydrogens is 913 g/mol. The summed E-state index contributed by atoms with van der Waals surface area (Å²) in [7, 11) is -3.06. The average Bonchev–Trinajstić information content (AvgIpc) is 3.52. The molecule has 2 amide bonds. The van der Waals surface area contributed by atoms with Crippen molar-refractivity contribution in [2.75, 3.05) is 17.3 Å². The van der Waals surface area contributed by atoms with Gasteiger partial charge in [-0.3, -0.25) is 9.59 Å². The van der Waals surface area contributed by atoms with Gasteiger partial charge in [0, 0.05) is 52.3 Å². The summed E-state index contributed by atoms with van der Waals surface area (Å²) in [6, 6.07) is 23.9. The molecule has 10 rings (SSSR count). The van der Waals surface area contributed by atoms with Gasteiger partial charge in [0.2, 0.25) is 6.10 Å². The molecule has 0 bridgehead atoms. The first-order valence-electron chi connectivity index (χ1n) is 23.6. The van der Waals surface area contributed by atoms with Gasteiger partial charge in [-0.05, 0) is 82.5 Å². The molecule has 16 heteroatoms. The summed E-state index contributed by atoms with van der Waals surface area (Å²) >= 11 is 0. The van der Waals surface area contributed by atoms with E-state index in [9.17, 15) is 37.2 Å². The number of esters is 2. The number of carbonyl (C=O) groups is 5. The molecule has 5 aliphatic rings. The third kappa shape index (κ3) is 8.60. The Hall–Kier alpha value is -6.94. The topological polar surface area (TPSA) is 217 Å². The average molecular weight is 971 g/mol. The summed E-state index contributed by atoms with van der Waals surface area (Å²) in [5.41, 5.74) is 5.53. The molecule has 0 radical (unpaired) electrons. The van der Waals surface area contributed by atoms with Crippen LogP contribution in [0.25, 0.3) is 33.4 Å². The number of fused-ring (bicyclic) bond motifs is 5. The zero-order valence-electron chi connectivity index (χ0n) is 40.4. The Balaban J connectivity index is 0.000000305. The Bertz CT molecular complexity index is 3180. The number of sulfone groups is 1. The van der Waals surface area contributed by atoms with Crippen LogP contribution in [0.1, 0.15) is 89.2 Å². The number of aromatic nitrogens is 2. The number of carboxylic acid groups (broad SMARTS) is 1. The van der Waals surface area contributed by atoms with Crippen molar-refractivity contribution < 1.29 is 47.0 Å². The number of anilines is 1. The van der Waals surface area contributed by atoms with Crippen molar-refractivity contribution in [2.24, 2.45) is 28.1 Å². The van der Waals surface area contributed by atoms with Crippen molar-refractivity contribution in [1.82, 2.24) is 14.9 Å². The summed E-state index contributed by atoms with van der Waals surface area (Å²) in [5.74, 6) is -2.43. The molecule has 15 nitrogen and oxygen atoms in total. The number of urea groups is 1. The number of nitrogens with one attached hydrogen (secondary N) is 2.